The number of halogens is 1. The van der Waals surface area contributed by atoms with Crippen LogP contribution in [0.25, 0.3) is 0 Å². The van der Waals surface area contributed by atoms with Gasteiger partial charge in [-0.1, -0.05) is 17.7 Å². The maximum Gasteiger partial charge on any atom is 0.262 e. The van der Waals surface area contributed by atoms with Crippen LogP contribution >= 0.6 is 11.6 Å². The molecule has 0 unspecified atom stereocenters. The molecule has 0 heterocycles. The molecule has 0 atom stereocenters. The average molecular weight is 350 g/mol. The summed E-state index contributed by atoms with van der Waals surface area (Å²) in [5, 5.41) is 3.34. The van der Waals surface area contributed by atoms with Crippen molar-refractivity contribution in [1.29, 1.82) is 0 Å². The molecule has 2 aromatic carbocycles. The van der Waals surface area contributed by atoms with Gasteiger partial charge in [0.2, 0.25) is 0 Å². The van der Waals surface area contributed by atoms with Crippen LogP contribution in [0.4, 0.5) is 5.69 Å². The molecule has 6 heteroatoms. The molecule has 0 aromatic heterocycles. The van der Waals surface area contributed by atoms with Crippen LogP contribution in [0.15, 0.2) is 36.4 Å². The molecule has 0 spiro atoms. The molecule has 0 saturated carbocycles. The summed E-state index contributed by atoms with van der Waals surface area (Å²) in [5.74, 6) is 1.47. The van der Waals surface area contributed by atoms with E-state index in [-0.39, 0.29) is 12.5 Å². The first kappa shape index (κ1) is 17.9. The van der Waals surface area contributed by atoms with E-state index in [1.54, 1.807) is 24.3 Å². The van der Waals surface area contributed by atoms with Gasteiger partial charge in [-0.05, 0) is 37.6 Å². The Morgan fingerprint density at radius 3 is 2.54 bits per heavy atom. The van der Waals surface area contributed by atoms with Crippen LogP contribution in [0.3, 0.4) is 0 Å². The van der Waals surface area contributed by atoms with Crippen molar-refractivity contribution in [1.82, 2.24) is 0 Å². The zero-order chi connectivity index (χ0) is 17.5. The van der Waals surface area contributed by atoms with E-state index in [2.05, 4.69) is 5.32 Å². The first-order valence-corrected chi connectivity index (χ1v) is 7.91. The van der Waals surface area contributed by atoms with Crippen LogP contribution in [-0.4, -0.2) is 26.2 Å². The molecule has 2 rings (SSSR count). The van der Waals surface area contributed by atoms with Gasteiger partial charge in [0.15, 0.2) is 6.61 Å². The Morgan fingerprint density at radius 1 is 1.17 bits per heavy atom. The SMILES string of the molecule is CCOc1cccc(OCC(=O)Nc2cc(C)c(Cl)cc2OC)c1. The second-order valence-corrected chi connectivity index (χ2v) is 5.45. The minimum absolute atomic E-state index is 0.125. The summed E-state index contributed by atoms with van der Waals surface area (Å²) in [6.45, 7) is 4.20. The molecule has 0 aliphatic carbocycles. The predicted octanol–water partition coefficient (Wildman–Crippen LogP) is 4.07. The number of methoxy groups -OCH3 is 1. The zero-order valence-electron chi connectivity index (χ0n) is 13.9. The predicted molar refractivity (Wildman–Crippen MR) is 94.5 cm³/mol. The highest BCUT2D eigenvalue weighted by Gasteiger charge is 2.11. The summed E-state index contributed by atoms with van der Waals surface area (Å²) < 4.78 is 16.1. The Balaban J connectivity index is 1.99. The fourth-order valence-corrected chi connectivity index (χ4v) is 2.24. The van der Waals surface area contributed by atoms with E-state index in [9.17, 15) is 4.79 Å². The van der Waals surface area contributed by atoms with E-state index in [1.165, 1.54) is 7.11 Å². The van der Waals surface area contributed by atoms with Crippen LogP contribution in [0, 0.1) is 6.92 Å². The minimum Gasteiger partial charge on any atom is -0.495 e. The largest absolute Gasteiger partial charge is 0.495 e. The average Bonchev–Trinajstić information content (AvgIpc) is 2.57. The smallest absolute Gasteiger partial charge is 0.262 e. The zero-order valence-corrected chi connectivity index (χ0v) is 14.6. The number of anilines is 1. The molecular formula is C18H20ClNO4. The fraction of sp³-hybridized carbons (Fsp3) is 0.278. The van der Waals surface area contributed by atoms with Crippen LogP contribution < -0.4 is 19.5 Å². The topological polar surface area (TPSA) is 56.8 Å². The highest BCUT2D eigenvalue weighted by Crippen LogP contribution is 2.30. The molecule has 0 fully saturated rings. The molecule has 0 saturated heterocycles. The molecule has 1 amide bonds. The summed E-state index contributed by atoms with van der Waals surface area (Å²) in [5.41, 5.74) is 1.40. The number of benzene rings is 2. The fourth-order valence-electron chi connectivity index (χ4n) is 2.09. The van der Waals surface area contributed by atoms with Gasteiger partial charge in [0, 0.05) is 17.2 Å². The van der Waals surface area contributed by atoms with E-state index in [0.29, 0.717) is 34.6 Å². The molecule has 5 nitrogen and oxygen atoms in total. The van der Waals surface area contributed by atoms with Crippen molar-refractivity contribution in [3.63, 3.8) is 0 Å². The quantitative estimate of drug-likeness (QED) is 0.818. The van der Waals surface area contributed by atoms with Gasteiger partial charge in [-0.15, -0.1) is 0 Å². The van der Waals surface area contributed by atoms with Gasteiger partial charge in [-0.2, -0.15) is 0 Å². The lowest BCUT2D eigenvalue weighted by atomic mass is 10.2. The van der Waals surface area contributed by atoms with Crippen LogP contribution in [0.5, 0.6) is 17.2 Å². The summed E-state index contributed by atoms with van der Waals surface area (Å²) >= 11 is 6.05. The van der Waals surface area contributed by atoms with Gasteiger partial charge in [-0.25, -0.2) is 0 Å². The second kappa shape index (κ2) is 8.45. The van der Waals surface area contributed by atoms with E-state index < -0.39 is 0 Å². The van der Waals surface area contributed by atoms with E-state index in [4.69, 9.17) is 25.8 Å². The Hall–Kier alpha value is -2.40. The summed E-state index contributed by atoms with van der Waals surface area (Å²) in [6, 6.07) is 10.6. The number of ether oxygens (including phenoxy) is 3. The maximum atomic E-state index is 12.1. The van der Waals surface area contributed by atoms with Gasteiger partial charge in [0.25, 0.3) is 5.91 Å². The number of hydrogen-bond acceptors (Lipinski definition) is 4. The number of nitrogens with one attached hydrogen (secondary N) is 1. The first-order valence-electron chi connectivity index (χ1n) is 7.53. The van der Waals surface area contributed by atoms with E-state index >= 15 is 0 Å². The van der Waals surface area contributed by atoms with Crippen LogP contribution in [0.2, 0.25) is 5.02 Å². The first-order chi connectivity index (χ1) is 11.5. The second-order valence-electron chi connectivity index (χ2n) is 5.05. The normalized spacial score (nSPS) is 10.2. The van der Waals surface area contributed by atoms with Crippen molar-refractivity contribution in [2.24, 2.45) is 0 Å². The number of amides is 1. The van der Waals surface area contributed by atoms with Gasteiger partial charge in [0.1, 0.15) is 17.2 Å². The van der Waals surface area contributed by atoms with E-state index in [0.717, 1.165) is 5.56 Å². The summed E-state index contributed by atoms with van der Waals surface area (Å²) in [7, 11) is 1.52. The number of aryl methyl sites for hydroxylation is 1. The molecular weight excluding hydrogens is 330 g/mol. The number of hydrogen-bond donors (Lipinski definition) is 1. The minimum atomic E-state index is -0.295. The Kier molecular flexibility index (Phi) is 6.32. The van der Waals surface area contributed by atoms with Crippen LogP contribution in [0.1, 0.15) is 12.5 Å². The highest BCUT2D eigenvalue weighted by molar-refractivity contribution is 6.31. The molecule has 24 heavy (non-hydrogen) atoms. The van der Waals surface area contributed by atoms with Gasteiger partial charge < -0.3 is 19.5 Å². The third-order valence-electron chi connectivity index (χ3n) is 3.24. The van der Waals surface area contributed by atoms with E-state index in [1.807, 2.05) is 26.0 Å². The monoisotopic (exact) mass is 349 g/mol. The van der Waals surface area contributed by atoms with Crippen molar-refractivity contribution < 1.29 is 19.0 Å². The van der Waals surface area contributed by atoms with Crippen molar-refractivity contribution in [3.05, 3.63) is 47.0 Å². The molecule has 128 valence electrons. The Labute approximate surface area is 146 Å². The molecule has 2 aromatic rings. The number of rotatable bonds is 7. The number of carbonyl (C=O) groups is 1. The molecule has 0 bridgehead atoms. The lowest BCUT2D eigenvalue weighted by Crippen LogP contribution is -2.20. The maximum absolute atomic E-state index is 12.1. The van der Waals surface area contributed by atoms with Crippen LogP contribution in [-0.2, 0) is 4.79 Å². The van der Waals surface area contributed by atoms with Crippen molar-refractivity contribution in [2.45, 2.75) is 13.8 Å². The summed E-state index contributed by atoms with van der Waals surface area (Å²) in [6.07, 6.45) is 0. The van der Waals surface area contributed by atoms with Crippen molar-refractivity contribution in [2.75, 3.05) is 25.6 Å². The molecule has 0 radical (unpaired) electrons. The Bertz CT molecular complexity index is 718. The molecule has 1 N–H and O–H groups in total. The lowest BCUT2D eigenvalue weighted by Gasteiger charge is -2.13. The van der Waals surface area contributed by atoms with Gasteiger partial charge >= 0.3 is 0 Å². The third-order valence-corrected chi connectivity index (χ3v) is 3.65. The number of carbonyl (C=O) groups excluding carboxylic acids is 1. The molecule has 0 aliphatic heterocycles. The summed E-state index contributed by atoms with van der Waals surface area (Å²) in [4.78, 5) is 12.1. The third kappa shape index (κ3) is 4.80. The standard InChI is InChI=1S/C18H20ClNO4/c1-4-23-13-6-5-7-14(9-13)24-11-18(21)20-16-8-12(2)15(19)10-17(16)22-3/h5-10H,4,11H2,1-3H3,(H,20,21). The Morgan fingerprint density at radius 2 is 1.88 bits per heavy atom. The lowest BCUT2D eigenvalue weighted by molar-refractivity contribution is -0.118. The van der Waals surface area contributed by atoms with Gasteiger partial charge in [-0.3, -0.25) is 4.79 Å². The van der Waals surface area contributed by atoms with Crippen molar-refractivity contribution in [3.8, 4) is 17.2 Å². The highest BCUT2D eigenvalue weighted by atomic mass is 35.5. The van der Waals surface area contributed by atoms with Crippen molar-refractivity contribution >= 4 is 23.2 Å². The van der Waals surface area contributed by atoms with Gasteiger partial charge in [0.05, 0.1) is 19.4 Å². The molecule has 0 aliphatic rings.